The number of rotatable bonds is 6. The van der Waals surface area contributed by atoms with Crippen LogP contribution in [-0.4, -0.2) is 39.2 Å². The van der Waals surface area contributed by atoms with E-state index in [1.807, 2.05) is 0 Å². The van der Waals surface area contributed by atoms with Crippen molar-refractivity contribution in [3.05, 3.63) is 0 Å². The van der Waals surface area contributed by atoms with Crippen molar-refractivity contribution in [1.82, 2.24) is 10.0 Å². The second-order valence-electron chi connectivity index (χ2n) is 4.97. The quantitative estimate of drug-likeness (QED) is 0.620. The molecule has 0 aromatic carbocycles. The van der Waals surface area contributed by atoms with Crippen molar-refractivity contribution in [3.63, 3.8) is 0 Å². The van der Waals surface area contributed by atoms with Gasteiger partial charge in [-0.1, -0.05) is 19.3 Å². The van der Waals surface area contributed by atoms with E-state index in [1.54, 1.807) is 0 Å². The molecule has 1 aliphatic carbocycles. The van der Waals surface area contributed by atoms with E-state index in [-0.39, 0.29) is 24.6 Å². The Morgan fingerprint density at radius 2 is 1.89 bits per heavy atom. The summed E-state index contributed by atoms with van der Waals surface area (Å²) in [5.41, 5.74) is 5.75. The van der Waals surface area contributed by atoms with E-state index >= 15 is 0 Å². The third kappa shape index (κ3) is 5.32. The lowest BCUT2D eigenvalue weighted by Gasteiger charge is -2.32. The van der Waals surface area contributed by atoms with Crippen molar-refractivity contribution in [2.24, 2.45) is 5.73 Å². The highest BCUT2D eigenvalue weighted by Crippen LogP contribution is 2.28. The molecule has 0 aliphatic heterocycles. The molecule has 1 aliphatic rings. The fraction of sp³-hybridized carbons (Fsp3) is 0.909. The number of hydrogen-bond acceptors (Lipinski definition) is 4. The van der Waals surface area contributed by atoms with Gasteiger partial charge >= 0.3 is 0 Å². The maximum Gasteiger partial charge on any atom is 0.221 e. The van der Waals surface area contributed by atoms with E-state index in [0.717, 1.165) is 25.7 Å². The molecule has 0 aromatic rings. The second-order valence-corrected chi connectivity index (χ2v) is 7.02. The van der Waals surface area contributed by atoms with Gasteiger partial charge in [-0.3, -0.25) is 4.79 Å². The molecule has 1 saturated carbocycles. The molecule has 6 nitrogen and oxygen atoms in total. The van der Waals surface area contributed by atoms with Crippen molar-refractivity contribution in [2.45, 2.75) is 44.1 Å². The number of sulfonamides is 1. The lowest BCUT2D eigenvalue weighted by molar-refractivity contribution is -0.122. The molecule has 7 heteroatoms. The minimum Gasteiger partial charge on any atom is -0.355 e. The Bertz CT molecular complexity index is 375. The first kappa shape index (κ1) is 15.4. The van der Waals surface area contributed by atoms with Gasteiger partial charge in [-0.05, 0) is 19.9 Å². The van der Waals surface area contributed by atoms with Crippen molar-refractivity contribution < 1.29 is 13.2 Å². The number of carbonyl (C=O) groups excluding carboxylic acids is 1. The normalized spacial score (nSPS) is 19.4. The Morgan fingerprint density at radius 3 is 2.44 bits per heavy atom. The maximum atomic E-state index is 11.7. The van der Waals surface area contributed by atoms with Crippen LogP contribution in [0.25, 0.3) is 0 Å². The zero-order chi connectivity index (χ0) is 13.6. The fourth-order valence-corrected chi connectivity index (χ4v) is 2.82. The summed E-state index contributed by atoms with van der Waals surface area (Å²) in [6, 6.07) is 0. The smallest absolute Gasteiger partial charge is 0.221 e. The fourth-order valence-electron chi connectivity index (χ4n) is 2.24. The van der Waals surface area contributed by atoms with E-state index < -0.39 is 15.6 Å². The molecular weight excluding hydrogens is 254 g/mol. The molecule has 0 bridgehead atoms. The van der Waals surface area contributed by atoms with Crippen molar-refractivity contribution in [2.75, 3.05) is 19.3 Å². The largest absolute Gasteiger partial charge is 0.355 e. The summed E-state index contributed by atoms with van der Waals surface area (Å²) < 4.78 is 24.5. The molecule has 0 spiro atoms. The van der Waals surface area contributed by atoms with Gasteiger partial charge in [0.2, 0.25) is 15.9 Å². The second kappa shape index (κ2) is 6.49. The van der Waals surface area contributed by atoms with Crippen LogP contribution in [0.2, 0.25) is 0 Å². The molecule has 0 heterocycles. The molecule has 0 saturated heterocycles. The molecule has 0 atom stereocenters. The minimum absolute atomic E-state index is 0.104. The summed E-state index contributed by atoms with van der Waals surface area (Å²) in [6.07, 6.45) is 5.34. The van der Waals surface area contributed by atoms with Gasteiger partial charge in [0.1, 0.15) is 0 Å². The molecule has 0 unspecified atom stereocenters. The molecule has 1 rings (SSSR count). The number of hydrogen-bond donors (Lipinski definition) is 3. The molecule has 106 valence electrons. The predicted octanol–water partition coefficient (Wildman–Crippen LogP) is -0.296. The van der Waals surface area contributed by atoms with Gasteiger partial charge in [-0.15, -0.1) is 0 Å². The number of nitrogens with one attached hydrogen (secondary N) is 2. The molecule has 0 aromatic heterocycles. The van der Waals surface area contributed by atoms with Crippen LogP contribution in [0.3, 0.4) is 0 Å². The summed E-state index contributed by atoms with van der Waals surface area (Å²) in [5, 5.41) is 2.61. The van der Waals surface area contributed by atoms with Crippen LogP contribution in [0.4, 0.5) is 0 Å². The zero-order valence-corrected chi connectivity index (χ0v) is 11.7. The summed E-state index contributed by atoms with van der Waals surface area (Å²) >= 11 is 0. The lowest BCUT2D eigenvalue weighted by atomic mass is 9.80. The maximum absolute atomic E-state index is 11.7. The highest BCUT2D eigenvalue weighted by molar-refractivity contribution is 7.89. The first-order valence-corrected chi connectivity index (χ1v) is 7.99. The van der Waals surface area contributed by atoms with Crippen molar-refractivity contribution >= 4 is 15.9 Å². The van der Waals surface area contributed by atoms with E-state index in [9.17, 15) is 13.2 Å². The molecule has 1 fully saturated rings. The van der Waals surface area contributed by atoms with Gasteiger partial charge in [0.15, 0.2) is 0 Å². The monoisotopic (exact) mass is 277 g/mol. The third-order valence-electron chi connectivity index (χ3n) is 3.37. The Morgan fingerprint density at radius 1 is 1.28 bits per heavy atom. The summed E-state index contributed by atoms with van der Waals surface area (Å²) in [7, 11) is -1.90. The van der Waals surface area contributed by atoms with Gasteiger partial charge in [-0.25, -0.2) is 13.1 Å². The number of nitrogens with two attached hydrogens (primary N) is 1. The highest BCUT2D eigenvalue weighted by atomic mass is 32.2. The Hall–Kier alpha value is -0.660. The average Bonchev–Trinajstić information content (AvgIpc) is 2.29. The van der Waals surface area contributed by atoms with Crippen LogP contribution in [-0.2, 0) is 14.8 Å². The zero-order valence-electron chi connectivity index (χ0n) is 10.9. The van der Waals surface area contributed by atoms with Crippen LogP contribution in [0, 0.1) is 0 Å². The van der Waals surface area contributed by atoms with Gasteiger partial charge in [0.25, 0.3) is 0 Å². The Kier molecular flexibility index (Phi) is 5.55. The van der Waals surface area contributed by atoms with E-state index in [2.05, 4.69) is 10.0 Å². The predicted molar refractivity (Wildman–Crippen MR) is 70.5 cm³/mol. The summed E-state index contributed by atoms with van der Waals surface area (Å²) in [5.74, 6) is -0.266. The van der Waals surface area contributed by atoms with Crippen LogP contribution >= 0.6 is 0 Å². The Balaban J connectivity index is 2.29. The highest BCUT2D eigenvalue weighted by Gasteiger charge is 2.29. The number of carbonyl (C=O) groups is 1. The van der Waals surface area contributed by atoms with Gasteiger partial charge in [0, 0.05) is 18.5 Å². The van der Waals surface area contributed by atoms with Crippen LogP contribution in [0.15, 0.2) is 0 Å². The van der Waals surface area contributed by atoms with Gasteiger partial charge < -0.3 is 11.1 Å². The number of amides is 1. The van der Waals surface area contributed by atoms with Crippen molar-refractivity contribution in [1.29, 1.82) is 0 Å². The van der Waals surface area contributed by atoms with E-state index in [0.29, 0.717) is 0 Å². The van der Waals surface area contributed by atoms with Crippen LogP contribution in [0.1, 0.15) is 38.5 Å². The van der Waals surface area contributed by atoms with Crippen molar-refractivity contribution in [3.8, 4) is 0 Å². The third-order valence-corrected chi connectivity index (χ3v) is 4.73. The SMILES string of the molecule is CNS(=O)(=O)CCNC(=O)CC1(N)CCCCC1. The molecule has 4 N–H and O–H groups in total. The van der Waals surface area contributed by atoms with E-state index in [4.69, 9.17) is 5.73 Å². The summed E-state index contributed by atoms with van der Waals surface area (Å²) in [6.45, 7) is 0.123. The van der Waals surface area contributed by atoms with Gasteiger partial charge in [-0.2, -0.15) is 0 Å². The standard InChI is InChI=1S/C11H23N3O3S/c1-13-18(16,17)8-7-14-10(15)9-11(12)5-3-2-4-6-11/h13H,2-9,12H2,1H3,(H,14,15). The van der Waals surface area contributed by atoms with Gasteiger partial charge in [0.05, 0.1) is 5.75 Å². The first-order chi connectivity index (χ1) is 8.37. The topological polar surface area (TPSA) is 101 Å². The minimum atomic E-state index is -3.26. The Labute approximate surface area is 109 Å². The lowest BCUT2D eigenvalue weighted by Crippen LogP contribution is -2.46. The first-order valence-electron chi connectivity index (χ1n) is 6.34. The summed E-state index contributed by atoms with van der Waals surface area (Å²) in [4.78, 5) is 11.7. The van der Waals surface area contributed by atoms with Crippen LogP contribution < -0.4 is 15.8 Å². The van der Waals surface area contributed by atoms with E-state index in [1.165, 1.54) is 13.5 Å². The molecule has 1 amide bonds. The molecule has 0 radical (unpaired) electrons. The molecule has 18 heavy (non-hydrogen) atoms. The average molecular weight is 277 g/mol. The van der Waals surface area contributed by atoms with Crippen LogP contribution in [0.5, 0.6) is 0 Å². The molecular formula is C11H23N3O3S.